The van der Waals surface area contributed by atoms with Gasteiger partial charge in [0.1, 0.15) is 5.75 Å². The molecule has 0 saturated carbocycles. The minimum Gasteiger partial charge on any atom is -0.481 e. The monoisotopic (exact) mass is 345 g/mol. The maximum absolute atomic E-state index is 12.5. The lowest BCUT2D eigenvalue weighted by Crippen LogP contribution is -2.40. The molecule has 8 heteroatoms. The Morgan fingerprint density at radius 1 is 1.33 bits per heavy atom. The smallest absolute Gasteiger partial charge is 0.481 e. The van der Waals surface area contributed by atoms with Crippen LogP contribution in [0.2, 0.25) is 0 Å². The van der Waals surface area contributed by atoms with E-state index in [9.17, 15) is 22.8 Å². The second-order valence-electron chi connectivity index (χ2n) is 5.77. The Hall–Kier alpha value is -2.25. The number of benzene rings is 1. The van der Waals surface area contributed by atoms with Crippen molar-refractivity contribution in [2.45, 2.75) is 32.0 Å². The van der Waals surface area contributed by atoms with Gasteiger partial charge >= 0.3 is 12.3 Å². The van der Waals surface area contributed by atoms with Crippen LogP contribution in [0.3, 0.4) is 0 Å². The van der Waals surface area contributed by atoms with Gasteiger partial charge in [-0.05, 0) is 43.4 Å². The zero-order valence-corrected chi connectivity index (χ0v) is 12.9. The fourth-order valence-electron chi connectivity index (χ4n) is 2.82. The van der Waals surface area contributed by atoms with Crippen molar-refractivity contribution >= 4 is 11.9 Å². The number of carboxylic acids is 1. The van der Waals surface area contributed by atoms with Crippen LogP contribution in [-0.4, -0.2) is 41.3 Å². The molecule has 24 heavy (non-hydrogen) atoms. The molecule has 1 unspecified atom stereocenters. The van der Waals surface area contributed by atoms with Crippen LogP contribution in [0.5, 0.6) is 5.75 Å². The van der Waals surface area contributed by atoms with Gasteiger partial charge in [0.15, 0.2) is 0 Å². The second-order valence-corrected chi connectivity index (χ2v) is 5.77. The Labute approximate surface area is 137 Å². The number of alkyl halides is 3. The highest BCUT2D eigenvalue weighted by Gasteiger charge is 2.31. The van der Waals surface area contributed by atoms with Crippen molar-refractivity contribution in [2.24, 2.45) is 5.92 Å². The lowest BCUT2D eigenvalue weighted by atomic mass is 9.93. The van der Waals surface area contributed by atoms with E-state index in [4.69, 9.17) is 5.11 Å². The molecule has 0 spiro atoms. The molecule has 5 nitrogen and oxygen atoms in total. The number of nitrogens with zero attached hydrogens (tertiary/aromatic N) is 1. The molecule has 1 aromatic carbocycles. The van der Waals surface area contributed by atoms with Crippen molar-refractivity contribution in [3.8, 4) is 5.75 Å². The number of amides is 1. The maximum atomic E-state index is 12.5. The normalized spacial score (nSPS) is 18.3. The number of carboxylic acid groups (broad SMARTS) is 1. The van der Waals surface area contributed by atoms with Crippen LogP contribution in [0.4, 0.5) is 13.2 Å². The lowest BCUT2D eigenvalue weighted by molar-refractivity contribution is -0.274. The number of aliphatic carboxylic acids is 1. The fraction of sp³-hybridized carbons (Fsp3) is 0.500. The number of piperidine rings is 1. The molecule has 2 rings (SSSR count). The molecule has 1 aliphatic heterocycles. The molecule has 1 N–H and O–H groups in total. The van der Waals surface area contributed by atoms with Gasteiger partial charge in [0.05, 0.1) is 0 Å². The number of carbonyl (C=O) groups excluding carboxylic acids is 1. The third-order valence-corrected chi connectivity index (χ3v) is 3.89. The summed E-state index contributed by atoms with van der Waals surface area (Å²) in [5.74, 6) is -1.60. The first-order valence-corrected chi connectivity index (χ1v) is 7.61. The topological polar surface area (TPSA) is 66.8 Å². The van der Waals surface area contributed by atoms with E-state index >= 15 is 0 Å². The molecule has 0 radical (unpaired) electrons. The van der Waals surface area contributed by atoms with Crippen LogP contribution in [0, 0.1) is 5.92 Å². The summed E-state index contributed by atoms with van der Waals surface area (Å²) in [7, 11) is 0. The SMILES string of the molecule is O=C(O)CCC1CCCN(C(=O)c2cccc(OC(F)(F)F)c2)C1. The lowest BCUT2D eigenvalue weighted by Gasteiger charge is -2.32. The standard InChI is InChI=1S/C16H18F3NO4/c17-16(18,19)24-13-5-1-4-12(9-13)15(23)20-8-2-3-11(10-20)6-7-14(21)22/h1,4-5,9,11H,2-3,6-8,10H2,(H,21,22). The third-order valence-electron chi connectivity index (χ3n) is 3.89. The maximum Gasteiger partial charge on any atom is 0.573 e. The summed E-state index contributed by atoms with van der Waals surface area (Å²) in [6, 6.07) is 4.97. The predicted octanol–water partition coefficient (Wildman–Crippen LogP) is 3.30. The van der Waals surface area contributed by atoms with Gasteiger partial charge in [-0.3, -0.25) is 9.59 Å². The third kappa shape index (κ3) is 5.43. The van der Waals surface area contributed by atoms with Crippen molar-refractivity contribution in [1.29, 1.82) is 0 Å². The Morgan fingerprint density at radius 2 is 2.08 bits per heavy atom. The van der Waals surface area contributed by atoms with Gasteiger partial charge in [-0.15, -0.1) is 13.2 Å². The average Bonchev–Trinajstić information content (AvgIpc) is 2.51. The predicted molar refractivity (Wildman–Crippen MR) is 78.6 cm³/mol. The molecular weight excluding hydrogens is 327 g/mol. The van der Waals surface area contributed by atoms with E-state index in [0.29, 0.717) is 19.5 Å². The second kappa shape index (κ2) is 7.55. The zero-order chi connectivity index (χ0) is 17.7. The Bertz CT molecular complexity index is 603. The fourth-order valence-corrected chi connectivity index (χ4v) is 2.82. The highest BCUT2D eigenvalue weighted by Crippen LogP contribution is 2.26. The van der Waals surface area contributed by atoms with Crippen LogP contribution >= 0.6 is 0 Å². The number of rotatable bonds is 5. The van der Waals surface area contributed by atoms with Crippen LogP contribution in [0.25, 0.3) is 0 Å². The van der Waals surface area contributed by atoms with Gasteiger partial charge in [0.25, 0.3) is 5.91 Å². The van der Waals surface area contributed by atoms with Crippen LogP contribution in [-0.2, 0) is 4.79 Å². The summed E-state index contributed by atoms with van der Waals surface area (Å²) < 4.78 is 40.6. The van der Waals surface area contributed by atoms with E-state index in [1.165, 1.54) is 12.1 Å². The summed E-state index contributed by atoms with van der Waals surface area (Å²) >= 11 is 0. The number of carbonyl (C=O) groups is 2. The molecule has 1 fully saturated rings. The molecule has 1 aliphatic rings. The van der Waals surface area contributed by atoms with Crippen molar-refractivity contribution in [1.82, 2.24) is 4.90 Å². The number of hydrogen-bond acceptors (Lipinski definition) is 3. The number of ether oxygens (including phenoxy) is 1. The quantitative estimate of drug-likeness (QED) is 0.889. The van der Waals surface area contributed by atoms with E-state index in [1.54, 1.807) is 4.90 Å². The Kier molecular flexibility index (Phi) is 5.69. The van der Waals surface area contributed by atoms with E-state index in [-0.39, 0.29) is 23.8 Å². The minimum atomic E-state index is -4.81. The summed E-state index contributed by atoms with van der Waals surface area (Å²) in [6.07, 6.45) is -2.70. The highest BCUT2D eigenvalue weighted by molar-refractivity contribution is 5.94. The summed E-state index contributed by atoms with van der Waals surface area (Å²) in [5, 5.41) is 8.73. The largest absolute Gasteiger partial charge is 0.573 e. The number of likely N-dealkylation sites (tertiary alicyclic amines) is 1. The van der Waals surface area contributed by atoms with Gasteiger partial charge in [-0.2, -0.15) is 0 Å². The minimum absolute atomic E-state index is 0.0433. The summed E-state index contributed by atoms with van der Waals surface area (Å²) in [6.45, 7) is 0.920. The van der Waals surface area contributed by atoms with Gasteiger partial charge in [-0.25, -0.2) is 0 Å². The van der Waals surface area contributed by atoms with Crippen molar-refractivity contribution < 1.29 is 32.6 Å². The summed E-state index contributed by atoms with van der Waals surface area (Å²) in [5.41, 5.74) is 0.121. The first-order valence-electron chi connectivity index (χ1n) is 7.61. The molecule has 132 valence electrons. The van der Waals surface area contributed by atoms with E-state index < -0.39 is 18.1 Å². The van der Waals surface area contributed by atoms with E-state index in [1.807, 2.05) is 0 Å². The van der Waals surface area contributed by atoms with Gasteiger partial charge in [0.2, 0.25) is 0 Å². The van der Waals surface area contributed by atoms with E-state index in [2.05, 4.69) is 4.74 Å². The molecule has 0 aliphatic carbocycles. The first kappa shape index (κ1) is 18.1. The van der Waals surface area contributed by atoms with Gasteiger partial charge < -0.3 is 14.7 Å². The van der Waals surface area contributed by atoms with Crippen LogP contribution < -0.4 is 4.74 Å². The van der Waals surface area contributed by atoms with Crippen molar-refractivity contribution in [2.75, 3.05) is 13.1 Å². The molecule has 1 atom stereocenters. The Balaban J connectivity index is 2.02. The molecule has 1 amide bonds. The zero-order valence-electron chi connectivity index (χ0n) is 12.9. The molecular formula is C16H18F3NO4. The highest BCUT2D eigenvalue weighted by atomic mass is 19.4. The van der Waals surface area contributed by atoms with Crippen LogP contribution in [0.15, 0.2) is 24.3 Å². The van der Waals surface area contributed by atoms with Crippen molar-refractivity contribution in [3.63, 3.8) is 0 Å². The average molecular weight is 345 g/mol. The molecule has 1 saturated heterocycles. The van der Waals surface area contributed by atoms with E-state index in [0.717, 1.165) is 25.0 Å². The number of halogens is 3. The van der Waals surface area contributed by atoms with Crippen LogP contribution in [0.1, 0.15) is 36.0 Å². The molecule has 1 aromatic rings. The Morgan fingerprint density at radius 3 is 2.75 bits per heavy atom. The van der Waals surface area contributed by atoms with Gasteiger partial charge in [-0.1, -0.05) is 6.07 Å². The molecule has 0 aromatic heterocycles. The molecule has 0 bridgehead atoms. The van der Waals surface area contributed by atoms with Crippen molar-refractivity contribution in [3.05, 3.63) is 29.8 Å². The summed E-state index contributed by atoms with van der Waals surface area (Å²) in [4.78, 5) is 24.7. The molecule has 1 heterocycles. The number of hydrogen-bond donors (Lipinski definition) is 1. The first-order chi connectivity index (χ1) is 11.2. The van der Waals surface area contributed by atoms with Gasteiger partial charge in [0, 0.05) is 25.1 Å².